The lowest BCUT2D eigenvalue weighted by Gasteiger charge is -2.17. The molecule has 8 nitrogen and oxygen atoms in total. The molecular formula is C19H17N3O5S3. The number of aryl methyl sites for hydroxylation is 1. The smallest absolute Gasteiger partial charge is 0.264 e. The molecule has 11 heteroatoms. The third-order valence-electron chi connectivity index (χ3n) is 4.34. The van der Waals surface area contributed by atoms with Crippen molar-refractivity contribution in [3.8, 4) is 10.6 Å². The van der Waals surface area contributed by atoms with Crippen molar-refractivity contribution in [2.45, 2.75) is 23.5 Å². The second-order valence-corrected chi connectivity index (χ2v) is 10.2. The molecule has 2 amide bonds. The van der Waals surface area contributed by atoms with Crippen molar-refractivity contribution in [1.82, 2.24) is 9.88 Å². The molecule has 2 N–H and O–H groups in total. The van der Waals surface area contributed by atoms with Crippen LogP contribution in [-0.2, 0) is 31.8 Å². The average molecular weight is 464 g/mol. The van der Waals surface area contributed by atoms with Gasteiger partial charge in [0.25, 0.3) is 10.0 Å². The van der Waals surface area contributed by atoms with Crippen molar-refractivity contribution in [3.05, 3.63) is 53.0 Å². The Bertz CT molecular complexity index is 1190. The number of aromatic nitrogens is 1. The van der Waals surface area contributed by atoms with Gasteiger partial charge in [0.05, 0.1) is 21.2 Å². The number of carbonyl (C=O) groups excluding carboxylic acids is 2. The van der Waals surface area contributed by atoms with E-state index in [1.54, 1.807) is 6.07 Å². The largest absolute Gasteiger partial charge is 0.355 e. The third kappa shape index (κ3) is 4.74. The molecule has 1 aliphatic heterocycles. The highest BCUT2D eigenvalue weighted by atomic mass is 32.2. The number of hydrogen-bond donors (Lipinski definition) is 2. The first-order valence-electron chi connectivity index (χ1n) is 8.96. The number of carbonyl (C=O) groups is 2. The minimum atomic E-state index is -3.99. The summed E-state index contributed by atoms with van der Waals surface area (Å²) in [6, 6.07) is 10.0. The van der Waals surface area contributed by atoms with Crippen LogP contribution >= 0.6 is 23.1 Å². The Balaban J connectivity index is 1.32. The van der Waals surface area contributed by atoms with Gasteiger partial charge in [-0.25, -0.2) is 13.1 Å². The van der Waals surface area contributed by atoms with Gasteiger partial charge in [-0.3, -0.25) is 9.59 Å². The third-order valence-corrected chi connectivity index (χ3v) is 7.56. The molecule has 156 valence electrons. The summed E-state index contributed by atoms with van der Waals surface area (Å²) >= 11 is 2.78. The number of hydrogen-bond acceptors (Lipinski definition) is 8. The Hall–Kier alpha value is -2.63. The maximum Gasteiger partial charge on any atom is 0.264 e. The molecule has 3 aromatic rings. The summed E-state index contributed by atoms with van der Waals surface area (Å²) in [5, 5.41) is 8.60. The van der Waals surface area contributed by atoms with Crippen LogP contribution in [0.15, 0.2) is 51.2 Å². The van der Waals surface area contributed by atoms with Crippen molar-refractivity contribution in [2.24, 2.45) is 0 Å². The van der Waals surface area contributed by atoms with Crippen molar-refractivity contribution in [3.63, 3.8) is 0 Å². The highest BCUT2D eigenvalue weighted by molar-refractivity contribution is 7.99. The quantitative estimate of drug-likeness (QED) is 0.553. The van der Waals surface area contributed by atoms with Crippen LogP contribution in [0.25, 0.3) is 10.6 Å². The molecule has 0 radical (unpaired) electrons. The van der Waals surface area contributed by atoms with Gasteiger partial charge in [-0.2, -0.15) is 0 Å². The number of nitrogens with one attached hydrogen (secondary N) is 2. The summed E-state index contributed by atoms with van der Waals surface area (Å²) in [7, 11) is -3.99. The highest BCUT2D eigenvalue weighted by Gasteiger charge is 2.21. The summed E-state index contributed by atoms with van der Waals surface area (Å²) in [6.07, 6.45) is 0.759. The second kappa shape index (κ2) is 8.62. The lowest BCUT2D eigenvalue weighted by atomic mass is 10.0. The summed E-state index contributed by atoms with van der Waals surface area (Å²) in [5.41, 5.74) is 2.00. The van der Waals surface area contributed by atoms with Crippen LogP contribution in [0.3, 0.4) is 0 Å². The SMILES string of the molecule is O=C1CCc2cc(S(=O)(=O)NC(=O)CSCc3cc(-c4cccs4)on3)ccc2N1. The van der Waals surface area contributed by atoms with Gasteiger partial charge >= 0.3 is 0 Å². The normalized spacial score (nSPS) is 13.5. The molecule has 0 spiro atoms. The van der Waals surface area contributed by atoms with Gasteiger partial charge in [0.1, 0.15) is 0 Å². The van der Waals surface area contributed by atoms with Gasteiger partial charge in [-0.05, 0) is 41.6 Å². The van der Waals surface area contributed by atoms with E-state index < -0.39 is 15.9 Å². The van der Waals surface area contributed by atoms with Gasteiger partial charge in [-0.15, -0.1) is 23.1 Å². The Kier molecular flexibility index (Phi) is 5.93. The van der Waals surface area contributed by atoms with E-state index in [1.165, 1.54) is 41.3 Å². The Labute approximate surface area is 181 Å². The minimum Gasteiger partial charge on any atom is -0.355 e. The van der Waals surface area contributed by atoms with Crippen molar-refractivity contribution < 1.29 is 22.5 Å². The minimum absolute atomic E-state index is 0.00663. The molecular weight excluding hydrogens is 446 g/mol. The Morgan fingerprint density at radius 1 is 1.27 bits per heavy atom. The summed E-state index contributed by atoms with van der Waals surface area (Å²) < 4.78 is 32.4. The van der Waals surface area contributed by atoms with E-state index in [0.717, 1.165) is 10.4 Å². The summed E-state index contributed by atoms with van der Waals surface area (Å²) in [4.78, 5) is 24.5. The highest BCUT2D eigenvalue weighted by Crippen LogP contribution is 2.27. The molecule has 3 heterocycles. The Morgan fingerprint density at radius 2 is 2.13 bits per heavy atom. The zero-order valence-electron chi connectivity index (χ0n) is 15.6. The lowest BCUT2D eigenvalue weighted by Crippen LogP contribution is -2.32. The van der Waals surface area contributed by atoms with Gasteiger partial charge in [-0.1, -0.05) is 11.2 Å². The number of thiophene rings is 1. The van der Waals surface area contributed by atoms with E-state index >= 15 is 0 Å². The number of nitrogens with zero attached hydrogens (tertiary/aromatic N) is 1. The molecule has 0 aliphatic carbocycles. The number of thioether (sulfide) groups is 1. The fraction of sp³-hybridized carbons (Fsp3) is 0.211. The number of fused-ring (bicyclic) bond motifs is 1. The van der Waals surface area contributed by atoms with Crippen LogP contribution in [0.2, 0.25) is 0 Å². The van der Waals surface area contributed by atoms with E-state index in [9.17, 15) is 18.0 Å². The van der Waals surface area contributed by atoms with E-state index in [4.69, 9.17) is 4.52 Å². The van der Waals surface area contributed by atoms with Crippen LogP contribution in [0, 0.1) is 0 Å². The average Bonchev–Trinajstić information content (AvgIpc) is 3.39. The van der Waals surface area contributed by atoms with Crippen molar-refractivity contribution in [2.75, 3.05) is 11.1 Å². The predicted octanol–water partition coefficient (Wildman–Crippen LogP) is 3.03. The monoisotopic (exact) mass is 463 g/mol. The van der Waals surface area contributed by atoms with Crippen molar-refractivity contribution >= 4 is 50.6 Å². The number of anilines is 1. The fourth-order valence-electron chi connectivity index (χ4n) is 2.93. The molecule has 2 aromatic heterocycles. The number of amides is 2. The number of benzene rings is 1. The topological polar surface area (TPSA) is 118 Å². The van der Waals surface area contributed by atoms with E-state index in [1.807, 2.05) is 17.5 Å². The first-order valence-corrected chi connectivity index (χ1v) is 12.5. The van der Waals surface area contributed by atoms with Gasteiger partial charge < -0.3 is 9.84 Å². The molecule has 0 fully saturated rings. The zero-order valence-corrected chi connectivity index (χ0v) is 18.0. The fourth-order valence-corrected chi connectivity index (χ4v) is 5.43. The van der Waals surface area contributed by atoms with Gasteiger partial charge in [0, 0.05) is 23.9 Å². The maximum absolute atomic E-state index is 12.5. The van der Waals surface area contributed by atoms with E-state index in [2.05, 4.69) is 15.2 Å². The standard InChI is InChI=1S/C19H17N3O5S3/c23-18-6-3-12-8-14(4-5-15(12)20-18)30(25,26)22-19(24)11-28-10-13-9-16(27-21-13)17-2-1-7-29-17/h1-2,4-5,7-9H,3,6,10-11H2,(H,20,23)(H,22,24). The molecule has 1 aromatic carbocycles. The van der Waals surface area contributed by atoms with E-state index in [-0.39, 0.29) is 16.6 Å². The molecule has 1 aliphatic rings. The van der Waals surface area contributed by atoms with Gasteiger partial charge in [0.15, 0.2) is 5.76 Å². The first kappa shape index (κ1) is 20.6. The summed E-state index contributed by atoms with van der Waals surface area (Å²) in [5.74, 6) is 0.324. The molecule has 0 bridgehead atoms. The molecule has 30 heavy (non-hydrogen) atoms. The van der Waals surface area contributed by atoms with Crippen LogP contribution < -0.4 is 10.0 Å². The molecule has 4 rings (SSSR count). The van der Waals surface area contributed by atoms with Crippen LogP contribution in [0.4, 0.5) is 5.69 Å². The van der Waals surface area contributed by atoms with Crippen LogP contribution in [0.1, 0.15) is 17.7 Å². The molecule has 0 saturated heterocycles. The van der Waals surface area contributed by atoms with E-state index in [0.29, 0.717) is 35.7 Å². The maximum atomic E-state index is 12.5. The molecule has 0 unspecified atom stereocenters. The van der Waals surface area contributed by atoms with Crippen LogP contribution in [-0.4, -0.2) is 31.1 Å². The van der Waals surface area contributed by atoms with Crippen molar-refractivity contribution in [1.29, 1.82) is 0 Å². The van der Waals surface area contributed by atoms with Gasteiger partial charge in [0.2, 0.25) is 11.8 Å². The zero-order chi connectivity index (χ0) is 21.1. The number of sulfonamides is 1. The molecule has 0 atom stereocenters. The first-order chi connectivity index (χ1) is 14.4. The predicted molar refractivity (Wildman–Crippen MR) is 115 cm³/mol. The second-order valence-electron chi connectivity index (χ2n) is 6.55. The molecule has 0 saturated carbocycles. The van der Waals surface area contributed by atoms with Crippen LogP contribution in [0.5, 0.6) is 0 Å². The lowest BCUT2D eigenvalue weighted by molar-refractivity contribution is -0.117. The summed E-state index contributed by atoms with van der Waals surface area (Å²) in [6.45, 7) is 0. The Morgan fingerprint density at radius 3 is 2.93 bits per heavy atom. The number of rotatable bonds is 7.